The Hall–Kier alpha value is -3.58. The molecule has 9 unspecified atom stereocenters. The topological polar surface area (TPSA) is 3.24 Å². The van der Waals surface area contributed by atoms with Crippen molar-refractivity contribution in [3.8, 4) is 22.3 Å². The zero-order valence-corrected chi connectivity index (χ0v) is 29.1. The SMILES string of the molecule is CCC(CC1C(C)c2cccc3c2-c2ccccc2C2CCCC3C21)N(c1cccc(-c2ccccc2)c1)C1CCCC2CCC=CC21. The highest BCUT2D eigenvalue weighted by molar-refractivity contribution is 5.78. The number of fused-ring (bicyclic) bond motifs is 3. The lowest BCUT2D eigenvalue weighted by Gasteiger charge is -2.51. The van der Waals surface area contributed by atoms with Crippen LogP contribution in [-0.4, -0.2) is 12.1 Å². The molecule has 0 aliphatic heterocycles. The fourth-order valence-corrected chi connectivity index (χ4v) is 11.8. The molecule has 0 saturated heterocycles. The van der Waals surface area contributed by atoms with Gasteiger partial charge < -0.3 is 4.90 Å². The molecule has 246 valence electrons. The van der Waals surface area contributed by atoms with Crippen LogP contribution in [0.5, 0.6) is 0 Å². The Labute approximate surface area is 289 Å². The molecule has 0 N–H and O–H groups in total. The first-order chi connectivity index (χ1) is 23.7. The van der Waals surface area contributed by atoms with Crippen LogP contribution in [0.2, 0.25) is 0 Å². The summed E-state index contributed by atoms with van der Waals surface area (Å²) in [6.07, 6.45) is 18.4. The second kappa shape index (κ2) is 12.7. The van der Waals surface area contributed by atoms with Gasteiger partial charge in [0.1, 0.15) is 0 Å². The third kappa shape index (κ3) is 5.02. The molecular formula is C47H53N. The van der Waals surface area contributed by atoms with Gasteiger partial charge in [0.2, 0.25) is 0 Å². The van der Waals surface area contributed by atoms with Crippen LogP contribution in [-0.2, 0) is 0 Å². The Balaban J connectivity index is 1.16. The van der Waals surface area contributed by atoms with Crippen LogP contribution in [0.15, 0.2) is 109 Å². The van der Waals surface area contributed by atoms with Crippen molar-refractivity contribution >= 4 is 5.69 Å². The van der Waals surface area contributed by atoms with Crippen LogP contribution in [0.3, 0.4) is 0 Å². The Morgan fingerprint density at radius 2 is 1.44 bits per heavy atom. The molecule has 4 aromatic carbocycles. The van der Waals surface area contributed by atoms with Crippen molar-refractivity contribution < 1.29 is 0 Å². The molecule has 1 heteroatoms. The third-order valence-corrected chi connectivity index (χ3v) is 13.9. The highest BCUT2D eigenvalue weighted by atomic mass is 15.2. The first-order valence-electron chi connectivity index (χ1n) is 19.5. The van der Waals surface area contributed by atoms with Crippen molar-refractivity contribution in [2.75, 3.05) is 4.90 Å². The van der Waals surface area contributed by atoms with Crippen LogP contribution in [0.25, 0.3) is 22.3 Å². The molecular weight excluding hydrogens is 579 g/mol. The van der Waals surface area contributed by atoms with E-state index in [-0.39, 0.29) is 0 Å². The molecule has 0 amide bonds. The van der Waals surface area contributed by atoms with Gasteiger partial charge >= 0.3 is 0 Å². The first kappa shape index (κ1) is 30.5. The van der Waals surface area contributed by atoms with Gasteiger partial charge in [-0.3, -0.25) is 0 Å². The summed E-state index contributed by atoms with van der Waals surface area (Å²) in [7, 11) is 0. The predicted molar refractivity (Wildman–Crippen MR) is 203 cm³/mol. The van der Waals surface area contributed by atoms with E-state index in [9.17, 15) is 0 Å². The Morgan fingerprint density at radius 1 is 0.708 bits per heavy atom. The minimum Gasteiger partial charge on any atom is -0.365 e. The van der Waals surface area contributed by atoms with E-state index in [0.29, 0.717) is 47.6 Å². The number of allylic oxidation sites excluding steroid dienone is 1. The summed E-state index contributed by atoms with van der Waals surface area (Å²) >= 11 is 0. The second-order valence-corrected chi connectivity index (χ2v) is 16.0. The number of rotatable bonds is 7. The maximum absolute atomic E-state index is 3.01. The monoisotopic (exact) mass is 631 g/mol. The van der Waals surface area contributed by atoms with Crippen molar-refractivity contribution in [3.05, 3.63) is 126 Å². The molecule has 9 atom stereocenters. The van der Waals surface area contributed by atoms with Crippen molar-refractivity contribution in [1.29, 1.82) is 0 Å². The molecule has 0 aromatic heterocycles. The van der Waals surface area contributed by atoms with E-state index in [4.69, 9.17) is 0 Å². The van der Waals surface area contributed by atoms with Gasteiger partial charge in [-0.2, -0.15) is 0 Å². The van der Waals surface area contributed by atoms with Gasteiger partial charge in [0.15, 0.2) is 0 Å². The van der Waals surface area contributed by atoms with Gasteiger partial charge in [0.05, 0.1) is 0 Å². The van der Waals surface area contributed by atoms with Crippen LogP contribution in [0, 0.1) is 23.7 Å². The highest BCUT2D eigenvalue weighted by Crippen LogP contribution is 2.62. The molecule has 6 bridgehead atoms. The van der Waals surface area contributed by atoms with Crippen molar-refractivity contribution in [1.82, 2.24) is 0 Å². The first-order valence-corrected chi connectivity index (χ1v) is 19.5. The number of benzene rings is 4. The van der Waals surface area contributed by atoms with E-state index in [1.807, 2.05) is 0 Å². The lowest BCUT2D eigenvalue weighted by atomic mass is 9.60. The summed E-state index contributed by atoms with van der Waals surface area (Å²) < 4.78 is 0. The van der Waals surface area contributed by atoms with Crippen LogP contribution >= 0.6 is 0 Å². The molecule has 0 heterocycles. The standard InChI is InChI=1S/C47H53N/c1-3-35(30-44-31(2)37-24-13-26-42-43-27-14-25-41(47(43)44)39-22-9-10-23-40(39)46(37)42)48(45-28-12-18-33-17-7-8-21-38(33)45)36-20-11-19-34(29-36)32-15-5-4-6-16-32/h4-6,8-11,13,15-16,19-24,26,29,31,33,35,38,41,43-45,47H,3,7,12,14,17-18,25,27-28,30H2,1-2H3. The Bertz CT molecular complexity index is 1780. The van der Waals surface area contributed by atoms with E-state index in [0.717, 1.165) is 5.92 Å². The molecule has 0 radical (unpaired) electrons. The second-order valence-electron chi connectivity index (χ2n) is 16.0. The Morgan fingerprint density at radius 3 is 2.31 bits per heavy atom. The molecule has 2 saturated carbocycles. The third-order valence-electron chi connectivity index (χ3n) is 13.9. The quantitative estimate of drug-likeness (QED) is 0.183. The van der Waals surface area contributed by atoms with Crippen molar-refractivity contribution in [2.45, 2.75) is 108 Å². The zero-order chi connectivity index (χ0) is 32.2. The summed E-state index contributed by atoms with van der Waals surface area (Å²) in [5.74, 6) is 4.77. The average molecular weight is 632 g/mol. The van der Waals surface area contributed by atoms with Gasteiger partial charge in [-0.05, 0) is 144 Å². The molecule has 2 fully saturated rings. The fourth-order valence-electron chi connectivity index (χ4n) is 11.8. The van der Waals surface area contributed by atoms with E-state index >= 15 is 0 Å². The van der Waals surface area contributed by atoms with E-state index in [1.54, 1.807) is 27.8 Å². The summed E-state index contributed by atoms with van der Waals surface area (Å²) in [5, 5.41) is 0. The number of anilines is 1. The molecule has 5 aliphatic rings. The number of nitrogens with zero attached hydrogens (tertiary/aromatic N) is 1. The lowest BCUT2D eigenvalue weighted by molar-refractivity contribution is 0.141. The van der Waals surface area contributed by atoms with Crippen molar-refractivity contribution in [3.63, 3.8) is 0 Å². The maximum atomic E-state index is 3.01. The zero-order valence-electron chi connectivity index (χ0n) is 29.1. The molecule has 1 nitrogen and oxygen atoms in total. The predicted octanol–water partition coefficient (Wildman–Crippen LogP) is 12.5. The van der Waals surface area contributed by atoms with Gasteiger partial charge in [0, 0.05) is 17.8 Å². The van der Waals surface area contributed by atoms with Crippen molar-refractivity contribution in [2.24, 2.45) is 23.7 Å². The maximum Gasteiger partial charge on any atom is 0.0377 e. The van der Waals surface area contributed by atoms with Gasteiger partial charge in [-0.25, -0.2) is 0 Å². The molecule has 4 aromatic rings. The van der Waals surface area contributed by atoms with Crippen LogP contribution < -0.4 is 4.90 Å². The lowest BCUT2D eigenvalue weighted by Crippen LogP contribution is -2.51. The molecule has 9 rings (SSSR count). The van der Waals surface area contributed by atoms with E-state index in [1.165, 1.54) is 81.0 Å². The van der Waals surface area contributed by atoms with Crippen LogP contribution in [0.1, 0.15) is 112 Å². The normalized spacial score (nSPS) is 30.5. The minimum atomic E-state index is 0.514. The molecule has 5 aliphatic carbocycles. The van der Waals surface area contributed by atoms with Crippen LogP contribution in [0.4, 0.5) is 5.69 Å². The minimum absolute atomic E-state index is 0.514. The number of hydrogen-bond acceptors (Lipinski definition) is 1. The highest BCUT2D eigenvalue weighted by Gasteiger charge is 2.50. The summed E-state index contributed by atoms with van der Waals surface area (Å²) in [6.45, 7) is 5.11. The van der Waals surface area contributed by atoms with Gasteiger partial charge in [-0.1, -0.05) is 124 Å². The van der Waals surface area contributed by atoms with E-state index < -0.39 is 0 Å². The van der Waals surface area contributed by atoms with E-state index in [2.05, 4.69) is 128 Å². The van der Waals surface area contributed by atoms with Gasteiger partial charge in [0.25, 0.3) is 0 Å². The summed E-state index contributed by atoms with van der Waals surface area (Å²) in [6, 6.07) is 38.8. The summed E-state index contributed by atoms with van der Waals surface area (Å²) in [4.78, 5) is 3.01. The molecule has 0 spiro atoms. The molecule has 48 heavy (non-hydrogen) atoms. The smallest absolute Gasteiger partial charge is 0.0377 e. The average Bonchev–Trinajstić information content (AvgIpc) is 3.25. The largest absolute Gasteiger partial charge is 0.365 e. The fraction of sp³-hybridized carbons (Fsp3) is 0.447. The summed E-state index contributed by atoms with van der Waals surface area (Å²) in [5.41, 5.74) is 12.2. The van der Waals surface area contributed by atoms with Gasteiger partial charge in [-0.15, -0.1) is 0 Å². The number of hydrogen-bond donors (Lipinski definition) is 0. The Kier molecular flexibility index (Phi) is 8.07.